The second-order valence-corrected chi connectivity index (χ2v) is 18.1. The van der Waals surface area contributed by atoms with Crippen molar-refractivity contribution in [2.75, 3.05) is 39.4 Å². The fraction of sp³-hybridized carbons (Fsp3) is 0.304. The minimum absolute atomic E-state index is 0.0343. The van der Waals surface area contributed by atoms with Gasteiger partial charge < -0.3 is 19.6 Å². The van der Waals surface area contributed by atoms with Crippen LogP contribution in [-0.4, -0.2) is 102 Å². The Morgan fingerprint density at radius 2 is 1.14 bits per heavy atom. The number of nitrogens with one attached hydrogen (secondary N) is 2. The Kier molecular flexibility index (Phi) is 12.6. The quantitative estimate of drug-likeness (QED) is 0.0993. The minimum Gasteiger partial charge on any atom is -0.338 e. The van der Waals surface area contributed by atoms with E-state index in [0.29, 0.717) is 85.4 Å². The second-order valence-electron chi connectivity index (χ2n) is 16.2. The summed E-state index contributed by atoms with van der Waals surface area (Å²) in [5.74, 6) is 2.51. The topological polar surface area (TPSA) is 186 Å². The number of hydrogen-bond donors (Lipinski definition) is 2. The van der Waals surface area contributed by atoms with Gasteiger partial charge in [-0.25, -0.2) is 10.2 Å². The number of hydrogen-bond acceptors (Lipinski definition) is 13. The molecule has 4 aliphatic rings. The zero-order valence-corrected chi connectivity index (χ0v) is 37.2. The average Bonchev–Trinajstić information content (AvgIpc) is 4.11. The first-order valence-corrected chi connectivity index (χ1v) is 23.0. The molecule has 19 heteroatoms. The maximum absolute atomic E-state index is 13.7. The van der Waals surface area contributed by atoms with Crippen molar-refractivity contribution in [2.45, 2.75) is 60.2 Å². The van der Waals surface area contributed by atoms with Crippen LogP contribution < -0.4 is 9.78 Å². The lowest BCUT2D eigenvalue weighted by Gasteiger charge is -2.30. The van der Waals surface area contributed by atoms with Gasteiger partial charge in [-0.15, -0.1) is 10.2 Å². The van der Waals surface area contributed by atoms with E-state index >= 15 is 0 Å². The number of carbonyl (C=O) groups excluding carboxylic acids is 2. The smallest absolute Gasteiger partial charge is 0.246 e. The van der Waals surface area contributed by atoms with Gasteiger partial charge in [0.1, 0.15) is 0 Å². The van der Waals surface area contributed by atoms with Crippen LogP contribution in [-0.2, 0) is 32.2 Å². The Balaban J connectivity index is 0.979. The third kappa shape index (κ3) is 9.24. The van der Waals surface area contributed by atoms with Crippen LogP contribution in [0.2, 0.25) is 10.0 Å². The van der Waals surface area contributed by atoms with Gasteiger partial charge in [0.15, 0.2) is 23.1 Å². The molecule has 0 spiro atoms. The van der Waals surface area contributed by atoms with Gasteiger partial charge in [-0.2, -0.15) is 9.78 Å². The van der Waals surface area contributed by atoms with Crippen molar-refractivity contribution < 1.29 is 29.1 Å². The largest absolute Gasteiger partial charge is 0.338 e. The number of amides is 2. The van der Waals surface area contributed by atoms with Gasteiger partial charge >= 0.3 is 0 Å². The Morgan fingerprint density at radius 3 is 1.58 bits per heavy atom. The lowest BCUT2D eigenvalue weighted by atomic mass is 9.95. The molecule has 2 unspecified atom stereocenters. The molecule has 10 rings (SSSR count). The number of benzene rings is 4. The van der Waals surface area contributed by atoms with Gasteiger partial charge in [0.05, 0.1) is 23.3 Å². The summed E-state index contributed by atoms with van der Waals surface area (Å²) in [6.07, 6.45) is 11.7. The predicted octanol–water partition coefficient (Wildman–Crippen LogP) is 8.08. The summed E-state index contributed by atoms with van der Waals surface area (Å²) in [7, 11) is 0. The molecule has 0 bridgehead atoms. The maximum Gasteiger partial charge on any atom is 0.246 e. The molecule has 2 fully saturated rings. The molecule has 2 N–H and O–H groups in total. The fourth-order valence-electron chi connectivity index (χ4n) is 8.83. The van der Waals surface area contributed by atoms with E-state index in [1.54, 1.807) is 12.2 Å². The Morgan fingerprint density at radius 1 is 0.662 bits per heavy atom. The molecular formula is C46H42Cl2N10O6S. The van der Waals surface area contributed by atoms with Crippen LogP contribution in [0.1, 0.15) is 71.4 Å². The summed E-state index contributed by atoms with van der Waals surface area (Å²) in [5.41, 5.74) is 6.74. The highest BCUT2D eigenvalue weighted by Gasteiger charge is 2.28. The molecule has 4 aromatic carbocycles. The van der Waals surface area contributed by atoms with Crippen LogP contribution in [0.4, 0.5) is 0 Å². The highest BCUT2D eigenvalue weighted by atomic mass is 35.5. The molecular weight excluding hydrogens is 892 g/mol. The Labute approximate surface area is 387 Å². The van der Waals surface area contributed by atoms with Crippen molar-refractivity contribution in [3.8, 4) is 33.8 Å². The fourth-order valence-corrected chi connectivity index (χ4v) is 10.5. The van der Waals surface area contributed by atoms with E-state index in [2.05, 4.69) is 53.4 Å². The number of tetrazole rings is 2. The van der Waals surface area contributed by atoms with E-state index in [9.17, 15) is 9.59 Å². The van der Waals surface area contributed by atoms with E-state index in [-0.39, 0.29) is 23.7 Å². The van der Waals surface area contributed by atoms with Crippen molar-refractivity contribution in [2.24, 2.45) is 0 Å². The van der Waals surface area contributed by atoms with Crippen molar-refractivity contribution in [1.29, 1.82) is 0 Å². The number of rotatable bonds is 10. The molecule has 2 saturated heterocycles. The first kappa shape index (κ1) is 42.8. The monoisotopic (exact) mass is 932 g/mol. The standard InChI is InChI=1S/C46H42Cl2N10O6S/c47-43-37(13-7-27(41(43)31-5-11-35-29(23-31)17-21-61-63-35)9-15-39(59)57-19-1-3-33(25-57)45-49-53-54-50-45)65-38-14-8-28(42(44(38)48)32-6-12-36-30(24-32)18-22-62-64-36)10-16-40(60)58-20-2-4-34(26-58)46-51-55-56-52-46/h5-16,23-24,33-34H,1-4,17-22,25-26H2,(H,49,50,53,54)(H,51,52,55,56). The first-order valence-electron chi connectivity index (χ1n) is 21.5. The van der Waals surface area contributed by atoms with Crippen molar-refractivity contribution in [3.05, 3.63) is 117 Å². The maximum atomic E-state index is 13.7. The number of halogens is 2. The van der Waals surface area contributed by atoms with Gasteiger partial charge in [0.2, 0.25) is 11.8 Å². The summed E-state index contributed by atoms with van der Waals surface area (Å²) < 4.78 is 0. The van der Waals surface area contributed by atoms with Gasteiger partial charge in [-0.05, 0) is 117 Å². The zero-order chi connectivity index (χ0) is 44.3. The Bertz CT molecular complexity index is 2600. The first-order chi connectivity index (χ1) is 31.9. The molecule has 2 atom stereocenters. The van der Waals surface area contributed by atoms with Crippen molar-refractivity contribution in [1.82, 2.24) is 51.0 Å². The molecule has 65 heavy (non-hydrogen) atoms. The second kappa shape index (κ2) is 19.2. The molecule has 4 aliphatic heterocycles. The highest BCUT2D eigenvalue weighted by Crippen LogP contribution is 2.47. The summed E-state index contributed by atoms with van der Waals surface area (Å²) >= 11 is 16.4. The third-order valence-electron chi connectivity index (χ3n) is 12.2. The summed E-state index contributed by atoms with van der Waals surface area (Å²) in [4.78, 5) is 53.9. The number of aromatic nitrogens is 8. The molecule has 0 radical (unpaired) electrons. The highest BCUT2D eigenvalue weighted by molar-refractivity contribution is 7.99. The zero-order valence-electron chi connectivity index (χ0n) is 34.9. The molecule has 332 valence electrons. The number of likely N-dealkylation sites (tertiary alicyclic amines) is 2. The normalized spacial score (nSPS) is 18.6. The minimum atomic E-state index is -0.112. The summed E-state index contributed by atoms with van der Waals surface area (Å²) in [5, 5.41) is 29.8. The molecule has 6 heterocycles. The molecule has 0 saturated carbocycles. The number of aromatic amines is 2. The van der Waals surface area contributed by atoms with E-state index in [0.717, 1.165) is 80.0 Å². The SMILES string of the molecule is O=C(C=Cc1ccc(Sc2ccc(C=CC(=O)N3CCCC(c4nnn[nH]4)C3)c(-c3ccc4c(c3)CCOO4)c2Cl)c(Cl)c1-c1ccc2c(c1)CCOO2)N1CCCC(c2nnn[nH]2)C1. The average molecular weight is 934 g/mol. The van der Waals surface area contributed by atoms with Gasteiger partial charge in [0.25, 0.3) is 0 Å². The van der Waals surface area contributed by atoms with E-state index in [4.69, 9.17) is 42.8 Å². The number of piperidine rings is 2. The van der Waals surface area contributed by atoms with Crippen LogP contribution >= 0.6 is 35.0 Å². The van der Waals surface area contributed by atoms with Gasteiger partial charge in [-0.3, -0.25) is 9.59 Å². The number of nitrogens with zero attached hydrogens (tertiary/aromatic N) is 8. The van der Waals surface area contributed by atoms with Gasteiger partial charge in [0, 0.05) is 95.1 Å². The summed E-state index contributed by atoms with van der Waals surface area (Å²) in [6, 6.07) is 19.6. The van der Waals surface area contributed by atoms with Crippen LogP contribution in [0.15, 0.2) is 82.6 Å². The summed E-state index contributed by atoms with van der Waals surface area (Å²) in [6.45, 7) is 3.15. The number of carbonyl (C=O) groups is 2. The lowest BCUT2D eigenvalue weighted by Crippen LogP contribution is -2.38. The molecule has 2 aromatic heterocycles. The Hall–Kier alpha value is -6.11. The molecule has 0 aliphatic carbocycles. The van der Waals surface area contributed by atoms with Crippen molar-refractivity contribution in [3.63, 3.8) is 0 Å². The van der Waals surface area contributed by atoms with Crippen LogP contribution in [0.3, 0.4) is 0 Å². The number of H-pyrrole nitrogens is 2. The van der Waals surface area contributed by atoms with Crippen LogP contribution in [0.25, 0.3) is 34.4 Å². The van der Waals surface area contributed by atoms with E-state index in [1.165, 1.54) is 11.8 Å². The third-order valence-corrected chi connectivity index (χ3v) is 14.3. The molecule has 16 nitrogen and oxygen atoms in total. The molecule has 2 amide bonds. The van der Waals surface area contributed by atoms with Crippen LogP contribution in [0.5, 0.6) is 11.5 Å². The van der Waals surface area contributed by atoms with Crippen molar-refractivity contribution >= 4 is 58.9 Å². The molecule has 6 aromatic rings. The van der Waals surface area contributed by atoms with Gasteiger partial charge in [-0.1, -0.05) is 59.2 Å². The lowest BCUT2D eigenvalue weighted by molar-refractivity contribution is -0.215. The van der Waals surface area contributed by atoms with Crippen LogP contribution in [0, 0.1) is 0 Å². The predicted molar refractivity (Wildman–Crippen MR) is 242 cm³/mol. The van der Waals surface area contributed by atoms with E-state index < -0.39 is 0 Å². The van der Waals surface area contributed by atoms with E-state index in [1.807, 2.05) is 70.5 Å². The number of fused-ring (bicyclic) bond motifs is 2.